The van der Waals surface area contributed by atoms with Gasteiger partial charge >= 0.3 is 5.69 Å². The minimum Gasteiger partial charge on any atom is -0.248 e. The van der Waals surface area contributed by atoms with Crippen LogP contribution < -0.4 is 16.5 Å². The zero-order chi connectivity index (χ0) is 16.4. The Balaban J connectivity index is 2.09. The van der Waals surface area contributed by atoms with E-state index < -0.39 is 5.69 Å². The Bertz CT molecular complexity index is 891. The van der Waals surface area contributed by atoms with Crippen LogP contribution in [0.3, 0.4) is 0 Å². The minimum absolute atomic E-state index is 0.107. The number of hydrogen-bond acceptors (Lipinski definition) is 6. The van der Waals surface area contributed by atoms with Gasteiger partial charge in [0.05, 0.1) is 5.69 Å². The SMILES string of the molecule is Cc1ccccc1-n1c(C)nc(N(N)c2ccccn2)nc1=O. The lowest BCUT2D eigenvalue weighted by Gasteiger charge is -2.17. The summed E-state index contributed by atoms with van der Waals surface area (Å²) in [5, 5.41) is 1.19. The fourth-order valence-electron chi connectivity index (χ4n) is 2.29. The van der Waals surface area contributed by atoms with Gasteiger partial charge in [-0.25, -0.2) is 25.2 Å². The van der Waals surface area contributed by atoms with E-state index in [9.17, 15) is 4.79 Å². The van der Waals surface area contributed by atoms with Crippen LogP contribution in [0.2, 0.25) is 0 Å². The highest BCUT2D eigenvalue weighted by Gasteiger charge is 2.15. The summed E-state index contributed by atoms with van der Waals surface area (Å²) in [6.07, 6.45) is 1.61. The maximum Gasteiger partial charge on any atom is 0.356 e. The van der Waals surface area contributed by atoms with Crippen molar-refractivity contribution in [3.8, 4) is 5.69 Å². The number of pyridine rings is 1. The summed E-state index contributed by atoms with van der Waals surface area (Å²) in [5.41, 5.74) is 1.28. The van der Waals surface area contributed by atoms with Crippen molar-refractivity contribution in [2.45, 2.75) is 13.8 Å². The van der Waals surface area contributed by atoms with Gasteiger partial charge in [0.1, 0.15) is 11.6 Å². The number of nitrogens with two attached hydrogens (primary N) is 1. The van der Waals surface area contributed by atoms with Gasteiger partial charge in [0.2, 0.25) is 0 Å². The number of hydrogen-bond donors (Lipinski definition) is 1. The predicted octanol–water partition coefficient (Wildman–Crippen LogP) is 1.65. The second-order valence-corrected chi connectivity index (χ2v) is 5.03. The van der Waals surface area contributed by atoms with Gasteiger partial charge in [-0.2, -0.15) is 9.97 Å². The maximum atomic E-state index is 12.5. The van der Waals surface area contributed by atoms with Crippen molar-refractivity contribution >= 4 is 11.8 Å². The number of rotatable bonds is 3. The van der Waals surface area contributed by atoms with Crippen LogP contribution in [0.15, 0.2) is 53.5 Å². The molecule has 7 nitrogen and oxygen atoms in total. The van der Waals surface area contributed by atoms with Crippen LogP contribution in [0, 0.1) is 13.8 Å². The predicted molar refractivity (Wildman–Crippen MR) is 87.7 cm³/mol. The molecule has 2 aromatic heterocycles. The number of benzene rings is 1. The van der Waals surface area contributed by atoms with Crippen LogP contribution in [0.25, 0.3) is 5.69 Å². The molecule has 0 unspecified atom stereocenters. The van der Waals surface area contributed by atoms with Gasteiger partial charge in [0, 0.05) is 6.20 Å². The summed E-state index contributed by atoms with van der Waals surface area (Å²) >= 11 is 0. The topological polar surface area (TPSA) is 89.9 Å². The Labute approximate surface area is 133 Å². The van der Waals surface area contributed by atoms with E-state index in [1.54, 1.807) is 31.3 Å². The number of aryl methyl sites for hydroxylation is 2. The van der Waals surface area contributed by atoms with Gasteiger partial charge in [0.25, 0.3) is 5.95 Å². The van der Waals surface area contributed by atoms with E-state index in [1.807, 2.05) is 31.2 Å². The average molecular weight is 308 g/mol. The van der Waals surface area contributed by atoms with E-state index in [0.717, 1.165) is 11.3 Å². The standard InChI is InChI=1S/C16H16N6O/c1-11-7-3-4-8-13(11)21-12(2)19-15(20-16(21)23)22(17)14-9-5-6-10-18-14/h3-10H,17H2,1-2H3. The van der Waals surface area contributed by atoms with E-state index in [4.69, 9.17) is 5.84 Å². The molecular formula is C16H16N6O. The number of para-hydroxylation sites is 1. The first-order chi connectivity index (χ1) is 11.1. The van der Waals surface area contributed by atoms with Gasteiger partial charge in [-0.1, -0.05) is 24.3 Å². The Hall–Kier alpha value is -3.06. The van der Waals surface area contributed by atoms with E-state index in [0.29, 0.717) is 11.6 Å². The molecule has 0 fully saturated rings. The van der Waals surface area contributed by atoms with Gasteiger partial charge in [-0.3, -0.25) is 0 Å². The Kier molecular flexibility index (Phi) is 3.86. The molecule has 0 spiro atoms. The molecule has 0 amide bonds. The third kappa shape index (κ3) is 2.82. The van der Waals surface area contributed by atoms with Crippen molar-refractivity contribution in [3.05, 3.63) is 70.5 Å². The molecule has 3 aromatic rings. The molecular weight excluding hydrogens is 292 g/mol. The highest BCUT2D eigenvalue weighted by atomic mass is 16.1. The molecule has 2 N–H and O–H groups in total. The second kappa shape index (κ2) is 5.98. The fourth-order valence-corrected chi connectivity index (χ4v) is 2.29. The lowest BCUT2D eigenvalue weighted by molar-refractivity contribution is 0.785. The van der Waals surface area contributed by atoms with Crippen molar-refractivity contribution in [3.63, 3.8) is 0 Å². The largest absolute Gasteiger partial charge is 0.356 e. The molecule has 0 saturated heterocycles. The van der Waals surface area contributed by atoms with Crippen molar-refractivity contribution in [2.75, 3.05) is 5.01 Å². The molecule has 116 valence electrons. The Morgan fingerprint density at radius 3 is 2.43 bits per heavy atom. The monoisotopic (exact) mass is 308 g/mol. The normalized spacial score (nSPS) is 10.6. The Morgan fingerprint density at radius 1 is 1.04 bits per heavy atom. The second-order valence-electron chi connectivity index (χ2n) is 5.03. The van der Waals surface area contributed by atoms with Crippen LogP contribution in [-0.2, 0) is 0 Å². The average Bonchev–Trinajstić information content (AvgIpc) is 2.56. The zero-order valence-electron chi connectivity index (χ0n) is 12.8. The van der Waals surface area contributed by atoms with E-state index in [-0.39, 0.29) is 5.95 Å². The molecule has 7 heteroatoms. The van der Waals surface area contributed by atoms with Crippen LogP contribution >= 0.6 is 0 Å². The number of hydrazine groups is 1. The summed E-state index contributed by atoms with van der Waals surface area (Å²) in [4.78, 5) is 24.9. The van der Waals surface area contributed by atoms with E-state index in [1.165, 1.54) is 9.58 Å². The zero-order valence-corrected chi connectivity index (χ0v) is 12.8. The summed E-state index contributed by atoms with van der Waals surface area (Å²) in [6, 6.07) is 12.8. The molecule has 3 rings (SSSR count). The molecule has 0 bridgehead atoms. The maximum absolute atomic E-state index is 12.5. The molecule has 0 atom stereocenters. The number of nitrogens with zero attached hydrogens (tertiary/aromatic N) is 5. The van der Waals surface area contributed by atoms with Crippen molar-refractivity contribution < 1.29 is 0 Å². The third-order valence-electron chi connectivity index (χ3n) is 3.44. The van der Waals surface area contributed by atoms with Gasteiger partial charge in [-0.15, -0.1) is 0 Å². The summed E-state index contributed by atoms with van der Waals surface area (Å²) in [6.45, 7) is 3.67. The molecule has 23 heavy (non-hydrogen) atoms. The highest BCUT2D eigenvalue weighted by Crippen LogP contribution is 2.16. The van der Waals surface area contributed by atoms with E-state index >= 15 is 0 Å². The van der Waals surface area contributed by atoms with Gasteiger partial charge < -0.3 is 0 Å². The lowest BCUT2D eigenvalue weighted by atomic mass is 10.2. The first-order valence-electron chi connectivity index (χ1n) is 7.07. The summed E-state index contributed by atoms with van der Waals surface area (Å²) < 4.78 is 1.46. The first kappa shape index (κ1) is 14.9. The lowest BCUT2D eigenvalue weighted by Crippen LogP contribution is -2.34. The molecule has 0 saturated carbocycles. The van der Waals surface area contributed by atoms with Crippen molar-refractivity contribution in [2.24, 2.45) is 5.84 Å². The van der Waals surface area contributed by atoms with Crippen LogP contribution in [0.1, 0.15) is 11.4 Å². The fraction of sp³-hybridized carbons (Fsp3) is 0.125. The molecule has 0 radical (unpaired) electrons. The van der Waals surface area contributed by atoms with Gasteiger partial charge in [-0.05, 0) is 37.6 Å². The van der Waals surface area contributed by atoms with E-state index in [2.05, 4.69) is 15.0 Å². The minimum atomic E-state index is -0.437. The number of anilines is 2. The van der Waals surface area contributed by atoms with Crippen LogP contribution in [-0.4, -0.2) is 19.5 Å². The first-order valence-corrected chi connectivity index (χ1v) is 7.07. The quantitative estimate of drug-likeness (QED) is 0.584. The molecule has 0 aliphatic carbocycles. The third-order valence-corrected chi connectivity index (χ3v) is 3.44. The molecule has 0 aliphatic rings. The summed E-state index contributed by atoms with van der Waals surface area (Å²) in [5.74, 6) is 7.04. The highest BCUT2D eigenvalue weighted by molar-refractivity contribution is 5.49. The van der Waals surface area contributed by atoms with Crippen molar-refractivity contribution in [1.29, 1.82) is 0 Å². The Morgan fingerprint density at radius 2 is 1.78 bits per heavy atom. The smallest absolute Gasteiger partial charge is 0.248 e. The van der Waals surface area contributed by atoms with Crippen LogP contribution in [0.4, 0.5) is 11.8 Å². The van der Waals surface area contributed by atoms with Crippen molar-refractivity contribution in [1.82, 2.24) is 19.5 Å². The van der Waals surface area contributed by atoms with Gasteiger partial charge in [0.15, 0.2) is 0 Å². The molecule has 0 aliphatic heterocycles. The number of aromatic nitrogens is 4. The van der Waals surface area contributed by atoms with Crippen LogP contribution in [0.5, 0.6) is 0 Å². The summed E-state index contributed by atoms with van der Waals surface area (Å²) in [7, 11) is 0. The molecule has 1 aromatic carbocycles. The molecule has 2 heterocycles.